The minimum Gasteiger partial charge on any atom is -0.398 e. The van der Waals surface area contributed by atoms with Crippen molar-refractivity contribution in [3.63, 3.8) is 0 Å². The maximum Gasteiger partial charge on any atom is 0.0426 e. The van der Waals surface area contributed by atoms with Crippen molar-refractivity contribution in [3.8, 4) is 0 Å². The molecule has 0 aliphatic carbocycles. The normalized spacial score (nSPS) is 19.3. The van der Waals surface area contributed by atoms with Gasteiger partial charge >= 0.3 is 0 Å². The summed E-state index contributed by atoms with van der Waals surface area (Å²) in [5.74, 6) is 0. The number of rotatable bonds is 5. The Morgan fingerprint density at radius 2 is 2.19 bits per heavy atom. The van der Waals surface area contributed by atoms with E-state index < -0.39 is 0 Å². The van der Waals surface area contributed by atoms with Gasteiger partial charge in [0.25, 0.3) is 0 Å². The van der Waals surface area contributed by atoms with E-state index in [2.05, 4.69) is 47.6 Å². The summed E-state index contributed by atoms with van der Waals surface area (Å²) in [5, 5.41) is 8.45. The van der Waals surface area contributed by atoms with Crippen molar-refractivity contribution in [2.75, 3.05) is 24.1 Å². The summed E-state index contributed by atoms with van der Waals surface area (Å²) in [7, 11) is 0. The first-order valence-corrected chi connectivity index (χ1v) is 10.1. The topological polar surface area (TPSA) is 41.3 Å². The van der Waals surface area contributed by atoms with Crippen LogP contribution in [-0.4, -0.2) is 24.0 Å². The summed E-state index contributed by atoms with van der Waals surface area (Å²) >= 11 is 10.4. The zero-order valence-electron chi connectivity index (χ0n) is 15.4. The number of nitrogens with two attached hydrogens (primary N) is 1. The highest BCUT2D eigenvalue weighted by Gasteiger charge is 2.20. The smallest absolute Gasteiger partial charge is 0.0426 e. The lowest BCUT2D eigenvalue weighted by atomic mass is 10.0. The van der Waals surface area contributed by atoms with Crippen LogP contribution in [0.4, 0.5) is 11.4 Å². The van der Waals surface area contributed by atoms with E-state index in [1.54, 1.807) is 0 Å². The fourth-order valence-corrected chi connectivity index (χ4v) is 4.02. The van der Waals surface area contributed by atoms with Crippen LogP contribution in [-0.2, 0) is 6.54 Å². The maximum atomic E-state index is 6.13. The van der Waals surface area contributed by atoms with Crippen LogP contribution in [0.2, 0.25) is 5.02 Å². The van der Waals surface area contributed by atoms with Gasteiger partial charge in [0.05, 0.1) is 0 Å². The first kappa shape index (κ1) is 19.9. The Bertz CT molecular complexity index is 926. The number of hydrogen-bond donors (Lipinski definition) is 3. The predicted molar refractivity (Wildman–Crippen MR) is 122 cm³/mol. The Hall–Kier alpha value is -1.88. The van der Waals surface area contributed by atoms with E-state index in [-0.39, 0.29) is 0 Å². The van der Waals surface area contributed by atoms with Crippen molar-refractivity contribution >= 4 is 47.1 Å². The Kier molecular flexibility index (Phi) is 6.89. The largest absolute Gasteiger partial charge is 0.398 e. The average molecular weight is 400 g/mol. The molecule has 0 saturated carbocycles. The molecule has 1 saturated heterocycles. The molecular formula is C22H26ClN3S. The fourth-order valence-electron chi connectivity index (χ4n) is 3.61. The van der Waals surface area contributed by atoms with Crippen molar-refractivity contribution in [1.29, 1.82) is 0 Å². The van der Waals surface area contributed by atoms with Gasteiger partial charge in [-0.3, -0.25) is 4.90 Å². The van der Waals surface area contributed by atoms with Crippen molar-refractivity contribution in [2.24, 2.45) is 0 Å². The van der Waals surface area contributed by atoms with Gasteiger partial charge in [-0.05, 0) is 53.8 Å². The highest BCUT2D eigenvalue weighted by Crippen LogP contribution is 2.22. The molecule has 1 aliphatic heterocycles. The number of halogens is 1. The summed E-state index contributed by atoms with van der Waals surface area (Å²) in [4.78, 5) is 2.45. The lowest BCUT2D eigenvalue weighted by Crippen LogP contribution is -2.43. The first-order chi connectivity index (χ1) is 13.1. The van der Waals surface area contributed by atoms with Gasteiger partial charge in [0, 0.05) is 40.7 Å². The average Bonchev–Trinajstić information content (AvgIpc) is 2.66. The Labute approximate surface area is 171 Å². The molecule has 3 rings (SSSR count). The molecule has 0 amide bonds. The molecule has 3 nitrogen and oxygen atoms in total. The van der Waals surface area contributed by atoms with Crippen LogP contribution >= 0.6 is 24.2 Å². The fraction of sp³-hybridized carbons (Fsp3) is 0.273. The van der Waals surface area contributed by atoms with Crippen LogP contribution < -0.4 is 21.5 Å². The SMILES string of the molecule is C=C/C=c1/c(NC2CCCN(Cc3ccc(Cl)cc3N)C2)ccc/c1=C/S. The van der Waals surface area contributed by atoms with Gasteiger partial charge in [0.2, 0.25) is 0 Å². The third-order valence-corrected chi connectivity index (χ3v) is 5.44. The number of likely N-dealkylation sites (tertiary alicyclic amines) is 1. The second-order valence-corrected chi connectivity index (χ2v) is 7.60. The number of piperidine rings is 1. The number of nitrogens with zero attached hydrogens (tertiary/aromatic N) is 1. The van der Waals surface area contributed by atoms with Gasteiger partial charge in [0.15, 0.2) is 0 Å². The van der Waals surface area contributed by atoms with Gasteiger partial charge in [-0.2, -0.15) is 12.6 Å². The van der Waals surface area contributed by atoms with E-state index in [0.717, 1.165) is 59.9 Å². The minimum absolute atomic E-state index is 0.388. The van der Waals surface area contributed by atoms with Gasteiger partial charge in [-0.15, -0.1) is 0 Å². The van der Waals surface area contributed by atoms with Gasteiger partial charge < -0.3 is 11.1 Å². The molecule has 3 N–H and O–H groups in total. The highest BCUT2D eigenvalue weighted by atomic mass is 35.5. The van der Waals surface area contributed by atoms with Crippen LogP contribution in [0.25, 0.3) is 11.5 Å². The van der Waals surface area contributed by atoms with E-state index >= 15 is 0 Å². The van der Waals surface area contributed by atoms with E-state index in [9.17, 15) is 0 Å². The molecule has 0 bridgehead atoms. The molecule has 0 radical (unpaired) electrons. The molecule has 0 spiro atoms. The van der Waals surface area contributed by atoms with Crippen molar-refractivity contribution in [3.05, 3.63) is 70.1 Å². The molecule has 1 atom stereocenters. The Balaban J connectivity index is 1.74. The highest BCUT2D eigenvalue weighted by molar-refractivity contribution is 7.88. The number of thiol groups is 1. The number of nitrogens with one attached hydrogen (secondary N) is 1. The van der Waals surface area contributed by atoms with Crippen LogP contribution in [0.5, 0.6) is 0 Å². The summed E-state index contributed by atoms with van der Waals surface area (Å²) < 4.78 is 0. The van der Waals surface area contributed by atoms with Crippen molar-refractivity contribution in [2.45, 2.75) is 25.4 Å². The molecule has 27 heavy (non-hydrogen) atoms. The summed E-state index contributed by atoms with van der Waals surface area (Å²) in [6, 6.07) is 12.4. The van der Waals surface area contributed by atoms with E-state index in [1.165, 1.54) is 0 Å². The summed E-state index contributed by atoms with van der Waals surface area (Å²) in [5.41, 5.74) is 9.15. The number of benzene rings is 2. The van der Waals surface area contributed by atoms with Crippen molar-refractivity contribution in [1.82, 2.24) is 4.90 Å². The molecule has 2 aromatic rings. The minimum atomic E-state index is 0.388. The third-order valence-electron chi connectivity index (χ3n) is 4.93. The quantitative estimate of drug-likeness (QED) is 0.531. The number of allylic oxidation sites excluding steroid dienone is 1. The van der Waals surface area contributed by atoms with E-state index in [4.69, 9.17) is 17.3 Å². The molecule has 1 unspecified atom stereocenters. The predicted octanol–water partition coefficient (Wildman–Crippen LogP) is 3.63. The maximum absolute atomic E-state index is 6.13. The van der Waals surface area contributed by atoms with E-state index in [0.29, 0.717) is 11.1 Å². The zero-order valence-corrected chi connectivity index (χ0v) is 17.0. The monoisotopic (exact) mass is 399 g/mol. The molecule has 1 heterocycles. The number of hydrogen-bond acceptors (Lipinski definition) is 4. The van der Waals surface area contributed by atoms with Crippen LogP contribution in [0.15, 0.2) is 49.1 Å². The number of anilines is 2. The molecule has 2 aromatic carbocycles. The van der Waals surface area contributed by atoms with Crippen LogP contribution in [0.3, 0.4) is 0 Å². The standard InChI is InChI=1S/C22H26ClN3S/c1-2-5-20-17(15-27)6-3-8-22(20)25-19-7-4-11-26(14-19)13-16-9-10-18(23)12-21(16)24/h2-3,5-6,8-10,12,15,19,25,27H,1,4,7,11,13-14,24H2/b17-15-,20-5+. The lowest BCUT2D eigenvalue weighted by Gasteiger charge is -2.34. The van der Waals surface area contributed by atoms with Crippen molar-refractivity contribution < 1.29 is 0 Å². The Morgan fingerprint density at radius 1 is 1.33 bits per heavy atom. The first-order valence-electron chi connectivity index (χ1n) is 9.19. The third kappa shape index (κ3) is 5.10. The molecule has 142 valence electrons. The van der Waals surface area contributed by atoms with Gasteiger partial charge in [-0.1, -0.05) is 48.5 Å². The second-order valence-electron chi connectivity index (χ2n) is 6.90. The van der Waals surface area contributed by atoms with Gasteiger partial charge in [-0.25, -0.2) is 0 Å². The van der Waals surface area contributed by atoms with Crippen LogP contribution in [0, 0.1) is 0 Å². The molecule has 0 aromatic heterocycles. The summed E-state index contributed by atoms with van der Waals surface area (Å²) in [6.07, 6.45) is 6.15. The Morgan fingerprint density at radius 3 is 2.93 bits per heavy atom. The van der Waals surface area contributed by atoms with E-state index in [1.807, 2.05) is 35.8 Å². The second kappa shape index (κ2) is 9.36. The molecule has 1 aliphatic rings. The zero-order chi connectivity index (χ0) is 19.2. The van der Waals surface area contributed by atoms with Gasteiger partial charge in [0.1, 0.15) is 0 Å². The lowest BCUT2D eigenvalue weighted by molar-refractivity contribution is 0.209. The molecule has 5 heteroatoms. The molecular weight excluding hydrogens is 374 g/mol. The molecule has 1 fully saturated rings. The number of nitrogen functional groups attached to an aromatic ring is 1. The van der Waals surface area contributed by atoms with Crippen LogP contribution in [0.1, 0.15) is 18.4 Å². The summed E-state index contributed by atoms with van der Waals surface area (Å²) in [6.45, 7) is 6.74.